The third kappa shape index (κ3) is 14.0. The van der Waals surface area contributed by atoms with Crippen molar-refractivity contribution in [2.45, 2.75) is 57.8 Å². The Balaban J connectivity index is 0.00000936. The smallest absolute Gasteiger partial charge is 0.862 e. The molecule has 1 saturated heterocycles. The van der Waals surface area contributed by atoms with E-state index in [2.05, 4.69) is 34.1 Å². The number of hydrogen-bond acceptors (Lipinski definition) is 19. The summed E-state index contributed by atoms with van der Waals surface area (Å²) in [5.41, 5.74) is 4.25. The fourth-order valence-electron chi connectivity index (χ4n) is 4.28. The van der Waals surface area contributed by atoms with Gasteiger partial charge < -0.3 is 55.7 Å². The minimum absolute atomic E-state index is 0. The molecule has 1 aliphatic heterocycles. The molecule has 24 nitrogen and oxygen atoms in total. The van der Waals surface area contributed by atoms with Crippen LogP contribution in [0.4, 0.5) is 5.82 Å². The molecule has 7 atom stereocenters. The van der Waals surface area contributed by atoms with Gasteiger partial charge in [-0.25, -0.2) is 28.6 Å². The van der Waals surface area contributed by atoms with Crippen LogP contribution >= 0.6 is 35.2 Å². The van der Waals surface area contributed by atoms with Crippen molar-refractivity contribution in [2.75, 3.05) is 37.8 Å². The average Bonchev–Trinajstić information content (AvgIpc) is 3.57. The van der Waals surface area contributed by atoms with Crippen molar-refractivity contribution >= 4 is 69.1 Å². The van der Waals surface area contributed by atoms with E-state index in [1.165, 1.54) is 20.8 Å². The third-order valence-electron chi connectivity index (χ3n) is 6.75. The minimum atomic E-state index is -5.56. The number of nitrogens with zero attached hydrogens (tertiary/aromatic N) is 5. The number of imidazole rings is 1. The van der Waals surface area contributed by atoms with Crippen LogP contribution in [0, 0.1) is 5.41 Å². The number of nitrogen functional groups attached to an aromatic ring is 1. The van der Waals surface area contributed by atoms with Crippen LogP contribution in [0.1, 0.15) is 33.4 Å². The van der Waals surface area contributed by atoms with E-state index in [1.54, 1.807) is 0 Å². The van der Waals surface area contributed by atoms with Gasteiger partial charge in [0.2, 0.25) is 5.91 Å². The second-order valence-corrected chi connectivity index (χ2v) is 16.8. The zero-order valence-electron chi connectivity index (χ0n) is 28.0. The van der Waals surface area contributed by atoms with Crippen LogP contribution < -0.4 is 45.7 Å². The van der Waals surface area contributed by atoms with Gasteiger partial charge in [0, 0.05) is 31.2 Å². The number of aliphatic imine (C=N–C) groups is 1. The number of phosphoric ester groups is 3. The van der Waals surface area contributed by atoms with Crippen molar-refractivity contribution in [3.05, 3.63) is 12.7 Å². The van der Waals surface area contributed by atoms with Crippen LogP contribution in [0.2, 0.25) is 0 Å². The summed E-state index contributed by atoms with van der Waals surface area (Å²) >= 11 is 0.994. The first-order chi connectivity index (χ1) is 23.5. The summed E-state index contributed by atoms with van der Waals surface area (Å²) in [7, 11) is -16.4. The molecule has 3 heterocycles. The van der Waals surface area contributed by atoms with Crippen LogP contribution in [0.15, 0.2) is 17.6 Å². The van der Waals surface area contributed by atoms with E-state index in [1.807, 2.05) is 0 Å². The molecule has 52 heavy (non-hydrogen) atoms. The predicted octanol–water partition coefficient (Wildman–Crippen LogP) is -4.67. The van der Waals surface area contributed by atoms with Crippen LogP contribution in [0.5, 0.6) is 0 Å². The molecule has 1 fully saturated rings. The molecule has 9 N–H and O–H groups in total. The zero-order valence-corrected chi connectivity index (χ0v) is 33.5. The maximum Gasteiger partial charge on any atom is 1.00 e. The van der Waals surface area contributed by atoms with E-state index < -0.39 is 84.5 Å². The van der Waals surface area contributed by atoms with Crippen molar-refractivity contribution in [1.82, 2.24) is 24.8 Å². The normalized spacial score (nSPS) is 22.7. The van der Waals surface area contributed by atoms with Crippen LogP contribution in [0.3, 0.4) is 0 Å². The second-order valence-electron chi connectivity index (χ2n) is 11.3. The Morgan fingerprint density at radius 1 is 1.17 bits per heavy atom. The number of amides is 1. The summed E-state index contributed by atoms with van der Waals surface area (Å²) < 4.78 is 61.8. The molecule has 29 heteroatoms. The van der Waals surface area contributed by atoms with Gasteiger partial charge in [0.1, 0.15) is 36.3 Å². The van der Waals surface area contributed by atoms with Gasteiger partial charge in [-0.2, -0.15) is 4.31 Å². The molecule has 1 aliphatic rings. The molecule has 0 aliphatic carbocycles. The zero-order chi connectivity index (χ0) is 38.4. The summed E-state index contributed by atoms with van der Waals surface area (Å²) in [6, 6.07) is 0. The largest absolute Gasteiger partial charge is 1.00 e. The molecule has 2 aromatic heterocycles. The Hall–Kier alpha value is -1.44. The molecular formula is C23H37N7NaO17P3S. The number of aliphatic hydroxyl groups excluding tert-OH is 2. The van der Waals surface area contributed by atoms with Crippen molar-refractivity contribution in [1.29, 1.82) is 0 Å². The van der Waals surface area contributed by atoms with Gasteiger partial charge in [0.15, 0.2) is 22.8 Å². The van der Waals surface area contributed by atoms with Crippen LogP contribution in [-0.4, -0.2) is 123 Å². The third-order valence-corrected chi connectivity index (χ3v) is 10.6. The number of ether oxygens (including phenoxy) is 1. The van der Waals surface area contributed by atoms with Gasteiger partial charge in [-0.05, 0) is 12.3 Å². The summed E-state index contributed by atoms with van der Waals surface area (Å²) in [5.74, 6) is -1.28. The second kappa shape index (κ2) is 19.4. The fourth-order valence-corrected chi connectivity index (χ4v) is 7.58. The molecule has 0 aromatic carbocycles. The van der Waals surface area contributed by atoms with Gasteiger partial charge in [-0.3, -0.25) is 27.7 Å². The van der Waals surface area contributed by atoms with E-state index in [-0.39, 0.29) is 71.2 Å². The number of anilines is 1. The van der Waals surface area contributed by atoms with Crippen LogP contribution in [0.25, 0.3) is 11.2 Å². The first kappa shape index (κ1) is 46.7. The molecule has 0 spiro atoms. The molecule has 1 amide bonds. The maximum atomic E-state index is 12.6. The summed E-state index contributed by atoms with van der Waals surface area (Å²) in [6.45, 7) is 1.71. The van der Waals surface area contributed by atoms with Crippen molar-refractivity contribution in [3.63, 3.8) is 0 Å². The Morgan fingerprint density at radius 3 is 2.46 bits per heavy atom. The summed E-state index contributed by atoms with van der Waals surface area (Å²) in [5, 5.41) is 35.3. The summed E-state index contributed by atoms with van der Waals surface area (Å²) in [4.78, 5) is 77.8. The number of rotatable bonds is 19. The first-order valence-corrected chi connectivity index (χ1v) is 20.0. The van der Waals surface area contributed by atoms with Crippen molar-refractivity contribution in [3.8, 4) is 0 Å². The number of aromatic nitrogens is 4. The number of nitrogens with two attached hydrogens (primary N) is 1. The quantitative estimate of drug-likeness (QED) is 0.0217. The Labute approximate surface area is 321 Å². The van der Waals surface area contributed by atoms with E-state index in [0.717, 1.165) is 29.0 Å². The molecule has 0 bridgehead atoms. The summed E-state index contributed by atoms with van der Waals surface area (Å²) in [6.07, 6.45) is -6.96. The van der Waals surface area contributed by atoms with Gasteiger partial charge in [-0.1, -0.05) is 25.6 Å². The Kier molecular flexibility index (Phi) is 17.5. The van der Waals surface area contributed by atoms with Crippen LogP contribution in [-0.2, 0) is 45.9 Å². The maximum absolute atomic E-state index is 12.6. The molecule has 0 radical (unpaired) electrons. The van der Waals surface area contributed by atoms with E-state index in [9.17, 15) is 58.2 Å². The SMILES string of the molecule is CC(=O)SCCN=C([O-])CCNC(=O)C(O)C(C)(C)COP(=O)(O)OP(=O)(O)OC[C@H]1O[C@@H](n2cnc3c(N)ncnc32)[C@H](O)[C@@H]1OP(=O)(O)O.[Na+]. The molecule has 0 saturated carbocycles. The van der Waals surface area contributed by atoms with Gasteiger partial charge in [-0.15, -0.1) is 0 Å². The number of nitrogens with one attached hydrogen (secondary N) is 1. The standard InChI is InChI=1S/C23H38N7O17P3S.Na/c1-12(31)51-7-6-25-14(32)4-5-26-21(35)18(34)23(2,3)9-44-50(41,42)47-49(39,40)43-8-13-17(46-48(36,37)38)16(33)22(45-13)30-11-29-15-19(24)27-10-28-20(15)30;/h10-11,13,16-18,22,33-34H,4-9H2,1-3H3,(H,25,32)(H,26,35)(H,39,40)(H,41,42)(H2,24,27,28)(H2,36,37,38);/q;+1/p-1/t13-,16-,17-,18?,22-;/m1./s1. The average molecular weight is 832 g/mol. The number of thioether (sulfide) groups is 1. The van der Waals surface area contributed by atoms with Crippen molar-refractivity contribution < 1.29 is 110 Å². The molecule has 3 unspecified atom stereocenters. The Bertz CT molecular complexity index is 1730. The molecular weight excluding hydrogens is 794 g/mol. The number of phosphoric acid groups is 3. The van der Waals surface area contributed by atoms with Gasteiger partial charge in [0.25, 0.3) is 0 Å². The monoisotopic (exact) mass is 831 g/mol. The number of carbonyl (C=O) groups is 2. The molecule has 288 valence electrons. The van der Waals surface area contributed by atoms with E-state index >= 15 is 0 Å². The minimum Gasteiger partial charge on any atom is -0.862 e. The van der Waals surface area contributed by atoms with Crippen molar-refractivity contribution in [2.24, 2.45) is 10.4 Å². The van der Waals surface area contributed by atoms with Gasteiger partial charge >= 0.3 is 53.0 Å². The molecule has 3 rings (SSSR count). The van der Waals surface area contributed by atoms with E-state index in [4.69, 9.17) is 19.5 Å². The number of fused-ring (bicyclic) bond motifs is 1. The Morgan fingerprint density at radius 2 is 1.83 bits per heavy atom. The fraction of sp³-hybridized carbons (Fsp3) is 0.652. The number of carbonyl (C=O) groups excluding carboxylic acids is 2. The first-order valence-electron chi connectivity index (χ1n) is 14.5. The topological polar surface area (TPSA) is 370 Å². The van der Waals surface area contributed by atoms with Gasteiger partial charge in [0.05, 0.1) is 19.5 Å². The predicted molar refractivity (Wildman–Crippen MR) is 172 cm³/mol. The number of hydrogen-bond donors (Lipinski definition) is 8. The van der Waals surface area contributed by atoms with E-state index in [0.29, 0.717) is 5.75 Å². The number of aliphatic hydroxyl groups is 2. The molecule has 2 aromatic rings.